The van der Waals surface area contributed by atoms with Gasteiger partial charge in [-0.25, -0.2) is 4.39 Å². The second-order valence-corrected chi connectivity index (χ2v) is 17.5. The third kappa shape index (κ3) is 7.10. The van der Waals surface area contributed by atoms with Gasteiger partial charge in [-0.1, -0.05) is 92.5 Å². The molecule has 7 rings (SSSR count). The van der Waals surface area contributed by atoms with Crippen molar-refractivity contribution in [3.05, 3.63) is 139 Å². The number of hydrogen-bond acceptors (Lipinski definition) is 3. The maximum absolute atomic E-state index is 13.2. The zero-order chi connectivity index (χ0) is 31.6. The van der Waals surface area contributed by atoms with Gasteiger partial charge in [0.05, 0.1) is 13.7 Å². The summed E-state index contributed by atoms with van der Waals surface area (Å²) in [7, 11) is -1.34. The number of nitrogens with zero attached hydrogens (tertiary/aromatic N) is 2. The number of hydrogen-bond donors (Lipinski definition) is 0. The van der Waals surface area contributed by atoms with Crippen LogP contribution in [0.1, 0.15) is 25.3 Å². The average molecular weight is 799 g/mol. The molecule has 1 radical (unpaired) electrons. The first kappa shape index (κ1) is 33.1. The van der Waals surface area contributed by atoms with Gasteiger partial charge >= 0.3 is 0 Å². The maximum atomic E-state index is 13.2. The molecule has 3 heterocycles. The fourth-order valence-corrected chi connectivity index (χ4v) is 7.22. The number of benzene rings is 4. The molecule has 0 saturated carbocycles. The minimum absolute atomic E-state index is 0. The fraction of sp³-hybridized carbons (Fsp3) is 0.150. The van der Waals surface area contributed by atoms with Crippen molar-refractivity contribution < 1.29 is 28.9 Å². The first-order valence-corrected chi connectivity index (χ1v) is 18.7. The summed E-state index contributed by atoms with van der Waals surface area (Å²) in [6.45, 7) is 11.7. The van der Waals surface area contributed by atoms with Gasteiger partial charge < -0.3 is 14.4 Å². The van der Waals surface area contributed by atoms with Crippen molar-refractivity contribution in [2.75, 3.05) is 0 Å². The van der Waals surface area contributed by atoms with Crippen LogP contribution < -0.4 is 5.19 Å². The van der Waals surface area contributed by atoms with Gasteiger partial charge in [-0.05, 0) is 57.9 Å². The number of pyridine rings is 2. The Kier molecular flexibility index (Phi) is 10.1. The van der Waals surface area contributed by atoms with E-state index >= 15 is 0 Å². The fourth-order valence-electron chi connectivity index (χ4n) is 5.54. The number of furan rings is 1. The standard InChI is InChI=1S/C23H13FNO.C17H22NSi.Ir/c24-17-10-7-15(8-11-17)16-9-12-18-19-4-3-5-20(21-6-1-2-13-25-21)23(19)26-22(18)14-16;1-13(2)15-11-16(14-9-7-6-8-10-14)18-12-17(15)19(3,4)5;/h1-4,6-14H;6-9,11-13H,1-5H3;/q2*-1;. The predicted molar refractivity (Wildman–Crippen MR) is 187 cm³/mol. The molecule has 3 nitrogen and oxygen atoms in total. The molecule has 46 heavy (non-hydrogen) atoms. The first-order valence-electron chi connectivity index (χ1n) is 15.2. The van der Waals surface area contributed by atoms with E-state index in [2.05, 4.69) is 73.9 Å². The summed E-state index contributed by atoms with van der Waals surface area (Å²) in [5.74, 6) is 0.293. The molecule has 0 atom stereocenters. The van der Waals surface area contributed by atoms with E-state index in [1.807, 2.05) is 66.7 Å². The summed E-state index contributed by atoms with van der Waals surface area (Å²) in [6, 6.07) is 39.0. The smallest absolute Gasteiger partial charge is 0.123 e. The molecule has 0 bridgehead atoms. The van der Waals surface area contributed by atoms with E-state index < -0.39 is 8.07 Å². The average Bonchev–Trinajstić information content (AvgIpc) is 3.44. The van der Waals surface area contributed by atoms with Gasteiger partial charge in [0.1, 0.15) is 11.4 Å². The van der Waals surface area contributed by atoms with Crippen LogP contribution in [0, 0.1) is 17.9 Å². The Morgan fingerprint density at radius 1 is 0.739 bits per heavy atom. The van der Waals surface area contributed by atoms with E-state index in [1.165, 1.54) is 22.9 Å². The molecule has 0 N–H and O–H groups in total. The summed E-state index contributed by atoms with van der Waals surface area (Å²) in [5, 5.41) is 3.55. The van der Waals surface area contributed by atoms with Gasteiger partial charge in [0.25, 0.3) is 0 Å². The van der Waals surface area contributed by atoms with Gasteiger partial charge in [0, 0.05) is 37.9 Å². The minimum atomic E-state index is -1.34. The van der Waals surface area contributed by atoms with E-state index in [0.717, 1.165) is 55.6 Å². The van der Waals surface area contributed by atoms with Crippen LogP contribution in [-0.4, -0.2) is 18.0 Å². The molecule has 0 aliphatic carbocycles. The van der Waals surface area contributed by atoms with Crippen LogP contribution in [0.4, 0.5) is 4.39 Å². The van der Waals surface area contributed by atoms with Crippen molar-refractivity contribution in [1.82, 2.24) is 9.97 Å². The summed E-state index contributed by atoms with van der Waals surface area (Å²) < 4.78 is 19.4. The van der Waals surface area contributed by atoms with Crippen molar-refractivity contribution in [2.24, 2.45) is 0 Å². The molecule has 0 aliphatic heterocycles. The van der Waals surface area contributed by atoms with Gasteiger partial charge in [-0.2, -0.15) is 0 Å². The van der Waals surface area contributed by atoms with Crippen LogP contribution in [0.2, 0.25) is 19.6 Å². The number of aromatic nitrogens is 2. The summed E-state index contributed by atoms with van der Waals surface area (Å²) in [6.07, 6.45) is 3.86. The van der Waals surface area contributed by atoms with Crippen LogP contribution in [0.15, 0.2) is 120 Å². The van der Waals surface area contributed by atoms with Gasteiger partial charge in [-0.3, -0.25) is 0 Å². The quantitative estimate of drug-likeness (QED) is 0.129. The molecule has 233 valence electrons. The second-order valence-electron chi connectivity index (χ2n) is 12.5. The van der Waals surface area contributed by atoms with Crippen molar-refractivity contribution in [1.29, 1.82) is 0 Å². The van der Waals surface area contributed by atoms with E-state index in [4.69, 9.17) is 4.42 Å². The Bertz CT molecular complexity index is 2070. The van der Waals surface area contributed by atoms with Crippen LogP contribution in [0.3, 0.4) is 0 Å². The summed E-state index contributed by atoms with van der Waals surface area (Å²) >= 11 is 0. The van der Waals surface area contributed by atoms with Crippen molar-refractivity contribution in [3.63, 3.8) is 0 Å². The molecule has 4 aromatic carbocycles. The summed E-state index contributed by atoms with van der Waals surface area (Å²) in [5.41, 5.74) is 8.74. The van der Waals surface area contributed by atoms with E-state index in [0.29, 0.717) is 5.92 Å². The van der Waals surface area contributed by atoms with Crippen molar-refractivity contribution >= 4 is 35.2 Å². The largest absolute Gasteiger partial charge is 0.501 e. The Balaban J connectivity index is 0.000000187. The van der Waals surface area contributed by atoms with Crippen LogP contribution in [0.5, 0.6) is 0 Å². The SMILES string of the molecule is CC(C)c1cc(-c2[c-]cccc2)ncc1[Si](C)(C)C.Fc1ccc(-c2ccc3c(c2)oc2c(-c4ccccn4)[c-]ccc23)cc1.[Ir]. The number of fused-ring (bicyclic) bond motifs is 3. The Morgan fingerprint density at radius 3 is 2.17 bits per heavy atom. The predicted octanol–water partition coefficient (Wildman–Crippen LogP) is 10.5. The maximum Gasteiger partial charge on any atom is 0.123 e. The van der Waals surface area contributed by atoms with Gasteiger partial charge in [-0.15, -0.1) is 54.1 Å². The second kappa shape index (κ2) is 14.0. The first-order chi connectivity index (χ1) is 21.7. The van der Waals surface area contributed by atoms with Gasteiger partial charge in [0.2, 0.25) is 0 Å². The molecular weight excluding hydrogens is 764 g/mol. The molecule has 7 aromatic rings. The Morgan fingerprint density at radius 2 is 1.50 bits per heavy atom. The van der Waals surface area contributed by atoms with Crippen molar-refractivity contribution in [3.8, 4) is 33.6 Å². The van der Waals surface area contributed by atoms with E-state index in [-0.39, 0.29) is 25.9 Å². The molecular formula is C40H35FIrN2OSi-2. The third-order valence-electron chi connectivity index (χ3n) is 7.88. The topological polar surface area (TPSA) is 38.9 Å². The normalized spacial score (nSPS) is 11.3. The number of halogens is 1. The molecule has 0 aliphatic rings. The molecule has 6 heteroatoms. The molecule has 0 spiro atoms. The van der Waals surface area contributed by atoms with Gasteiger partial charge in [0.15, 0.2) is 0 Å². The van der Waals surface area contributed by atoms with E-state index in [1.54, 1.807) is 18.3 Å². The Hall–Kier alpha value is -4.22. The molecule has 3 aromatic heterocycles. The monoisotopic (exact) mass is 799 g/mol. The number of rotatable bonds is 5. The van der Waals surface area contributed by atoms with Crippen LogP contribution >= 0.6 is 0 Å². The molecule has 0 unspecified atom stereocenters. The zero-order valence-corrected chi connectivity index (χ0v) is 30.0. The van der Waals surface area contributed by atoms with Crippen LogP contribution in [-0.2, 0) is 20.1 Å². The van der Waals surface area contributed by atoms with Crippen molar-refractivity contribution in [2.45, 2.75) is 39.4 Å². The van der Waals surface area contributed by atoms with E-state index in [9.17, 15) is 4.39 Å². The van der Waals surface area contributed by atoms with Crippen LogP contribution in [0.25, 0.3) is 55.6 Å². The third-order valence-corrected chi connectivity index (χ3v) is 9.92. The molecule has 0 fully saturated rings. The molecule has 0 saturated heterocycles. The Labute approximate surface area is 284 Å². The summed E-state index contributed by atoms with van der Waals surface area (Å²) in [4.78, 5) is 9.08. The molecule has 0 amide bonds. The zero-order valence-electron chi connectivity index (χ0n) is 26.6. The minimum Gasteiger partial charge on any atom is -0.501 e.